The summed E-state index contributed by atoms with van der Waals surface area (Å²) in [6.45, 7) is 1.00. The van der Waals surface area contributed by atoms with Gasteiger partial charge in [0.05, 0.1) is 4.90 Å². The van der Waals surface area contributed by atoms with Crippen molar-refractivity contribution in [2.45, 2.75) is 34.3 Å². The quantitative estimate of drug-likeness (QED) is 0.388. The Kier molecular flexibility index (Phi) is 7.19. The van der Waals surface area contributed by atoms with Gasteiger partial charge in [-0.2, -0.15) is 4.31 Å². The zero-order valence-corrected chi connectivity index (χ0v) is 19.5. The van der Waals surface area contributed by atoms with Crippen LogP contribution >= 0.6 is 23.1 Å². The van der Waals surface area contributed by atoms with Crippen LogP contribution in [-0.2, 0) is 15.8 Å². The van der Waals surface area contributed by atoms with Crippen molar-refractivity contribution in [1.29, 1.82) is 0 Å². The van der Waals surface area contributed by atoms with Gasteiger partial charge in [-0.3, -0.25) is 10.1 Å². The number of anilines is 1. The molecule has 7 nitrogen and oxygen atoms in total. The zero-order chi connectivity index (χ0) is 22.6. The van der Waals surface area contributed by atoms with Gasteiger partial charge in [0, 0.05) is 24.4 Å². The van der Waals surface area contributed by atoms with Gasteiger partial charge >= 0.3 is 0 Å². The van der Waals surface area contributed by atoms with Crippen molar-refractivity contribution in [3.63, 3.8) is 0 Å². The second-order valence-electron chi connectivity index (χ2n) is 7.23. The second-order valence-corrected chi connectivity index (χ2v) is 11.4. The van der Waals surface area contributed by atoms with E-state index in [1.807, 2.05) is 0 Å². The molecule has 32 heavy (non-hydrogen) atoms. The van der Waals surface area contributed by atoms with Gasteiger partial charge in [0.15, 0.2) is 4.34 Å². The van der Waals surface area contributed by atoms with Crippen LogP contribution in [0.25, 0.3) is 0 Å². The Morgan fingerprint density at radius 2 is 1.84 bits per heavy atom. The highest BCUT2D eigenvalue weighted by atomic mass is 32.2. The van der Waals surface area contributed by atoms with E-state index in [4.69, 9.17) is 0 Å². The van der Waals surface area contributed by atoms with Crippen molar-refractivity contribution in [1.82, 2.24) is 14.5 Å². The molecule has 1 aliphatic heterocycles. The number of halogens is 1. The molecule has 0 atom stereocenters. The number of nitrogens with one attached hydrogen (secondary N) is 1. The van der Waals surface area contributed by atoms with Crippen LogP contribution in [0.1, 0.15) is 35.2 Å². The predicted octanol–water partition coefficient (Wildman–Crippen LogP) is 4.40. The second kappa shape index (κ2) is 10.1. The third-order valence-corrected chi connectivity index (χ3v) is 8.89. The van der Waals surface area contributed by atoms with Gasteiger partial charge in [-0.15, -0.1) is 10.2 Å². The van der Waals surface area contributed by atoms with Gasteiger partial charge in [0.2, 0.25) is 15.2 Å². The molecular formula is C21H21FN4O3S3. The lowest BCUT2D eigenvalue weighted by Crippen LogP contribution is -2.35. The Labute approximate surface area is 194 Å². The Bertz CT molecular complexity index is 1190. The van der Waals surface area contributed by atoms with Crippen LogP contribution in [0.2, 0.25) is 0 Å². The van der Waals surface area contributed by atoms with Gasteiger partial charge < -0.3 is 0 Å². The number of amides is 1. The maximum atomic E-state index is 13.0. The SMILES string of the molecule is O=C(Nc1nnc(SCc2ccc(F)cc2)s1)c1cccc(S(=O)(=O)N2CCCCC2)c1. The highest BCUT2D eigenvalue weighted by molar-refractivity contribution is 8.00. The van der Waals surface area contributed by atoms with E-state index in [9.17, 15) is 17.6 Å². The number of carbonyl (C=O) groups excluding carboxylic acids is 1. The van der Waals surface area contributed by atoms with Gasteiger partial charge in [-0.1, -0.05) is 47.7 Å². The molecule has 2 heterocycles. The molecule has 0 saturated carbocycles. The fourth-order valence-electron chi connectivity index (χ4n) is 3.27. The van der Waals surface area contributed by atoms with E-state index < -0.39 is 15.9 Å². The first-order valence-electron chi connectivity index (χ1n) is 10.0. The third-order valence-electron chi connectivity index (χ3n) is 4.95. The molecular weight excluding hydrogens is 471 g/mol. The van der Waals surface area contributed by atoms with Gasteiger partial charge in [0.1, 0.15) is 5.82 Å². The molecule has 168 valence electrons. The molecule has 11 heteroatoms. The molecule has 0 unspecified atom stereocenters. The maximum Gasteiger partial charge on any atom is 0.257 e. The van der Waals surface area contributed by atoms with Crippen LogP contribution in [0.15, 0.2) is 57.8 Å². The van der Waals surface area contributed by atoms with Gasteiger partial charge in [0.25, 0.3) is 5.91 Å². The number of benzene rings is 2. The number of carbonyl (C=O) groups is 1. The van der Waals surface area contributed by atoms with E-state index >= 15 is 0 Å². The summed E-state index contributed by atoms with van der Waals surface area (Å²) in [7, 11) is -3.62. The zero-order valence-electron chi connectivity index (χ0n) is 17.0. The predicted molar refractivity (Wildman–Crippen MR) is 123 cm³/mol. The number of nitrogens with zero attached hydrogens (tertiary/aromatic N) is 3. The van der Waals surface area contributed by atoms with E-state index in [1.165, 1.54) is 51.7 Å². The minimum absolute atomic E-state index is 0.111. The number of thioether (sulfide) groups is 1. The lowest BCUT2D eigenvalue weighted by Gasteiger charge is -2.26. The van der Waals surface area contributed by atoms with Crippen molar-refractivity contribution in [2.75, 3.05) is 18.4 Å². The summed E-state index contributed by atoms with van der Waals surface area (Å²) >= 11 is 2.65. The number of aromatic nitrogens is 2. The summed E-state index contributed by atoms with van der Waals surface area (Å²) < 4.78 is 40.9. The first kappa shape index (κ1) is 22.8. The van der Waals surface area contributed by atoms with Crippen molar-refractivity contribution in [3.05, 3.63) is 65.5 Å². The molecule has 4 rings (SSSR count). The molecule has 1 amide bonds. The van der Waals surface area contributed by atoms with Crippen LogP contribution in [0, 0.1) is 5.82 Å². The number of sulfonamides is 1. The largest absolute Gasteiger partial charge is 0.296 e. The third kappa shape index (κ3) is 5.52. The first-order valence-corrected chi connectivity index (χ1v) is 13.3. The molecule has 0 aliphatic carbocycles. The maximum absolute atomic E-state index is 13.0. The highest BCUT2D eigenvalue weighted by Gasteiger charge is 2.26. The molecule has 1 saturated heterocycles. The van der Waals surface area contributed by atoms with Crippen LogP contribution in [0.5, 0.6) is 0 Å². The lowest BCUT2D eigenvalue weighted by molar-refractivity contribution is 0.102. The number of piperidine rings is 1. The molecule has 1 aromatic heterocycles. The van der Waals surface area contributed by atoms with Gasteiger partial charge in [-0.25, -0.2) is 12.8 Å². The molecule has 1 N–H and O–H groups in total. The minimum Gasteiger partial charge on any atom is -0.296 e. The van der Waals surface area contributed by atoms with E-state index in [2.05, 4.69) is 15.5 Å². The first-order chi connectivity index (χ1) is 15.4. The van der Waals surface area contributed by atoms with E-state index in [-0.39, 0.29) is 16.3 Å². The van der Waals surface area contributed by atoms with Crippen LogP contribution in [-0.4, -0.2) is 41.9 Å². The van der Waals surface area contributed by atoms with Crippen molar-refractivity contribution < 1.29 is 17.6 Å². The average Bonchev–Trinajstić information content (AvgIpc) is 3.26. The molecule has 0 spiro atoms. The van der Waals surface area contributed by atoms with Gasteiger partial charge in [-0.05, 0) is 48.7 Å². The lowest BCUT2D eigenvalue weighted by atomic mass is 10.2. The number of hydrogen-bond acceptors (Lipinski definition) is 7. The summed E-state index contributed by atoms with van der Waals surface area (Å²) in [5.74, 6) is -0.140. The van der Waals surface area contributed by atoms with Crippen molar-refractivity contribution in [3.8, 4) is 0 Å². The van der Waals surface area contributed by atoms with Crippen LogP contribution < -0.4 is 5.32 Å². The number of rotatable bonds is 7. The summed E-state index contributed by atoms with van der Waals surface area (Å²) in [6, 6.07) is 12.3. The van der Waals surface area contributed by atoms with Crippen molar-refractivity contribution in [2.24, 2.45) is 0 Å². The molecule has 1 aliphatic rings. The summed E-state index contributed by atoms with van der Waals surface area (Å²) in [4.78, 5) is 12.8. The fraction of sp³-hybridized carbons (Fsp3) is 0.286. The molecule has 2 aromatic carbocycles. The topological polar surface area (TPSA) is 92.3 Å². The average molecular weight is 493 g/mol. The molecule has 0 radical (unpaired) electrons. The highest BCUT2D eigenvalue weighted by Crippen LogP contribution is 2.29. The molecule has 3 aromatic rings. The van der Waals surface area contributed by atoms with Crippen LogP contribution in [0.3, 0.4) is 0 Å². The van der Waals surface area contributed by atoms with Crippen LogP contribution in [0.4, 0.5) is 9.52 Å². The smallest absolute Gasteiger partial charge is 0.257 e. The van der Waals surface area contributed by atoms with Crippen molar-refractivity contribution >= 4 is 44.2 Å². The minimum atomic E-state index is -3.62. The summed E-state index contributed by atoms with van der Waals surface area (Å²) in [5.41, 5.74) is 1.18. The monoisotopic (exact) mass is 492 g/mol. The van der Waals surface area contributed by atoms with E-state index in [0.717, 1.165) is 24.8 Å². The molecule has 0 bridgehead atoms. The fourth-order valence-corrected chi connectivity index (χ4v) is 6.53. The number of hydrogen-bond donors (Lipinski definition) is 1. The Hall–Kier alpha value is -2.34. The Morgan fingerprint density at radius 3 is 2.59 bits per heavy atom. The summed E-state index contributed by atoms with van der Waals surface area (Å²) in [5, 5.41) is 11.0. The summed E-state index contributed by atoms with van der Waals surface area (Å²) in [6.07, 6.45) is 2.72. The molecule has 1 fully saturated rings. The Balaban J connectivity index is 1.40. The normalized spacial score (nSPS) is 14.9. The standard InChI is InChI=1S/C21H21FN4O3S3/c22-17-9-7-15(8-10-17)14-30-21-25-24-20(31-21)23-19(27)16-5-4-6-18(13-16)32(28,29)26-11-2-1-3-12-26/h4-10,13H,1-3,11-12,14H2,(H,23,24,27). The van der Waals surface area contributed by atoms with E-state index in [1.54, 1.807) is 24.3 Å². The van der Waals surface area contributed by atoms with E-state index in [0.29, 0.717) is 28.3 Å². The Morgan fingerprint density at radius 1 is 1.09 bits per heavy atom.